The van der Waals surface area contributed by atoms with Crippen LogP contribution in [-0.2, 0) is 14.8 Å². The number of aliphatic carboxylic acids is 1. The summed E-state index contributed by atoms with van der Waals surface area (Å²) in [6.07, 6.45) is 2.54. The number of carboxylic acids is 1. The number of ether oxygens (including phenoxy) is 1. The Balaban J connectivity index is 3.14. The summed E-state index contributed by atoms with van der Waals surface area (Å²) >= 11 is 0. The number of carboxylic acid groups (broad SMARTS) is 1. The summed E-state index contributed by atoms with van der Waals surface area (Å²) in [6.45, 7) is 5.25. The number of nitrogens with zero attached hydrogens (tertiary/aromatic N) is 1. The van der Waals surface area contributed by atoms with Gasteiger partial charge in [-0.25, -0.2) is 8.42 Å². The molecular weight excluding hydrogens is 284 g/mol. The van der Waals surface area contributed by atoms with Gasteiger partial charge in [-0.2, -0.15) is 4.72 Å². The van der Waals surface area contributed by atoms with Crippen molar-refractivity contribution < 1.29 is 23.1 Å². The van der Waals surface area contributed by atoms with Crippen LogP contribution in [-0.4, -0.2) is 37.1 Å². The van der Waals surface area contributed by atoms with E-state index in [2.05, 4.69) is 9.71 Å². The first-order valence-corrected chi connectivity index (χ1v) is 7.59. The van der Waals surface area contributed by atoms with Gasteiger partial charge in [0.1, 0.15) is 16.7 Å². The third-order valence-electron chi connectivity index (χ3n) is 2.55. The number of nitrogens with one attached hydrogen (secondary N) is 1. The van der Waals surface area contributed by atoms with E-state index < -0.39 is 28.0 Å². The molecule has 1 aromatic heterocycles. The molecular formula is C12H18N2O5S. The van der Waals surface area contributed by atoms with Crippen molar-refractivity contribution in [2.24, 2.45) is 5.92 Å². The van der Waals surface area contributed by atoms with Gasteiger partial charge in [0.15, 0.2) is 0 Å². The van der Waals surface area contributed by atoms with Crippen molar-refractivity contribution in [1.29, 1.82) is 0 Å². The van der Waals surface area contributed by atoms with E-state index in [4.69, 9.17) is 9.84 Å². The van der Waals surface area contributed by atoms with E-state index in [0.717, 1.165) is 6.20 Å². The minimum Gasteiger partial charge on any atom is -0.492 e. The Morgan fingerprint density at radius 1 is 1.50 bits per heavy atom. The second kappa shape index (κ2) is 6.67. The first-order valence-electron chi connectivity index (χ1n) is 6.11. The highest BCUT2D eigenvalue weighted by Gasteiger charge is 2.29. The second-order valence-corrected chi connectivity index (χ2v) is 6.12. The molecule has 0 aromatic carbocycles. The number of hydrogen-bond acceptors (Lipinski definition) is 5. The molecule has 0 fully saturated rings. The molecule has 0 saturated carbocycles. The Labute approximate surface area is 118 Å². The Morgan fingerprint density at radius 2 is 2.15 bits per heavy atom. The van der Waals surface area contributed by atoms with Crippen molar-refractivity contribution in [3.63, 3.8) is 0 Å². The predicted molar refractivity (Wildman–Crippen MR) is 72.0 cm³/mol. The fourth-order valence-corrected chi connectivity index (χ4v) is 2.97. The first kappa shape index (κ1) is 16.4. The number of carbonyl (C=O) groups is 1. The third kappa shape index (κ3) is 3.91. The monoisotopic (exact) mass is 302 g/mol. The molecule has 0 bridgehead atoms. The lowest BCUT2D eigenvalue weighted by Gasteiger charge is -2.18. The molecule has 7 nitrogen and oxygen atoms in total. The van der Waals surface area contributed by atoms with Crippen LogP contribution < -0.4 is 9.46 Å². The van der Waals surface area contributed by atoms with Crippen molar-refractivity contribution >= 4 is 16.0 Å². The molecule has 0 aliphatic heterocycles. The van der Waals surface area contributed by atoms with Crippen molar-refractivity contribution in [2.45, 2.75) is 31.7 Å². The molecule has 1 aromatic rings. The molecule has 0 spiro atoms. The van der Waals surface area contributed by atoms with Gasteiger partial charge in [0.2, 0.25) is 10.0 Å². The number of pyridine rings is 1. The van der Waals surface area contributed by atoms with Gasteiger partial charge in [-0.3, -0.25) is 9.78 Å². The van der Waals surface area contributed by atoms with Gasteiger partial charge in [0.05, 0.1) is 12.8 Å². The van der Waals surface area contributed by atoms with E-state index in [0.29, 0.717) is 6.61 Å². The van der Waals surface area contributed by atoms with Gasteiger partial charge in [-0.15, -0.1) is 0 Å². The summed E-state index contributed by atoms with van der Waals surface area (Å²) in [4.78, 5) is 14.7. The highest BCUT2D eigenvalue weighted by Crippen LogP contribution is 2.22. The minimum absolute atomic E-state index is 0.142. The number of sulfonamides is 1. The van der Waals surface area contributed by atoms with Gasteiger partial charge in [0.25, 0.3) is 0 Å². The fraction of sp³-hybridized carbons (Fsp3) is 0.500. The smallest absolute Gasteiger partial charge is 0.322 e. The zero-order valence-corrected chi connectivity index (χ0v) is 12.3. The quantitative estimate of drug-likeness (QED) is 0.774. The van der Waals surface area contributed by atoms with E-state index in [-0.39, 0.29) is 10.6 Å². The maximum Gasteiger partial charge on any atom is 0.322 e. The largest absolute Gasteiger partial charge is 0.492 e. The average Bonchev–Trinajstić information content (AvgIpc) is 2.36. The van der Waals surface area contributed by atoms with Gasteiger partial charge >= 0.3 is 5.97 Å². The summed E-state index contributed by atoms with van der Waals surface area (Å²) in [5.41, 5.74) is 0. The predicted octanol–water partition coefficient (Wildman–Crippen LogP) is 0.868. The summed E-state index contributed by atoms with van der Waals surface area (Å²) < 4.78 is 31.9. The molecule has 1 rings (SSSR count). The lowest BCUT2D eigenvalue weighted by atomic mass is 10.1. The molecule has 1 atom stereocenters. The summed E-state index contributed by atoms with van der Waals surface area (Å²) in [5, 5.41) is 9.05. The van der Waals surface area contributed by atoms with Crippen LogP contribution in [0.25, 0.3) is 0 Å². The van der Waals surface area contributed by atoms with Crippen LogP contribution in [0.1, 0.15) is 20.8 Å². The second-order valence-electron chi connectivity index (χ2n) is 4.44. The summed E-state index contributed by atoms with van der Waals surface area (Å²) in [7, 11) is -4.02. The molecule has 2 N–H and O–H groups in total. The van der Waals surface area contributed by atoms with Crippen LogP contribution in [0.2, 0.25) is 0 Å². The molecule has 112 valence electrons. The first-order chi connectivity index (χ1) is 9.29. The number of aromatic nitrogens is 1. The molecule has 1 unspecified atom stereocenters. The molecule has 0 aliphatic carbocycles. The highest BCUT2D eigenvalue weighted by atomic mass is 32.2. The number of hydrogen-bond donors (Lipinski definition) is 2. The Kier molecular flexibility index (Phi) is 5.46. The van der Waals surface area contributed by atoms with Crippen LogP contribution in [0.15, 0.2) is 23.4 Å². The molecule has 1 heterocycles. The molecule has 0 radical (unpaired) electrons. The van der Waals surface area contributed by atoms with Crippen molar-refractivity contribution in [1.82, 2.24) is 9.71 Å². The molecule has 8 heteroatoms. The molecule has 0 saturated heterocycles. The fourth-order valence-electron chi connectivity index (χ4n) is 1.55. The van der Waals surface area contributed by atoms with Crippen LogP contribution in [0.4, 0.5) is 0 Å². The van der Waals surface area contributed by atoms with E-state index in [1.807, 2.05) is 0 Å². The molecule has 20 heavy (non-hydrogen) atoms. The van der Waals surface area contributed by atoms with Crippen molar-refractivity contribution in [3.8, 4) is 5.75 Å². The minimum atomic E-state index is -4.02. The van der Waals surface area contributed by atoms with Gasteiger partial charge in [-0.05, 0) is 18.9 Å². The maximum absolute atomic E-state index is 12.3. The SMILES string of the molecule is CCOc1ccncc1S(=O)(=O)NC(C(=O)O)C(C)C. The van der Waals surface area contributed by atoms with Crippen LogP contribution in [0.5, 0.6) is 5.75 Å². The van der Waals surface area contributed by atoms with E-state index in [1.165, 1.54) is 12.3 Å². The van der Waals surface area contributed by atoms with Gasteiger partial charge in [-0.1, -0.05) is 13.8 Å². The standard InChI is InChI=1S/C12H18N2O5S/c1-4-19-9-5-6-13-7-10(9)20(17,18)14-11(8(2)3)12(15)16/h5-8,11,14H,4H2,1-3H3,(H,15,16). The van der Waals surface area contributed by atoms with Crippen LogP contribution >= 0.6 is 0 Å². The van der Waals surface area contributed by atoms with E-state index in [1.54, 1.807) is 20.8 Å². The average molecular weight is 302 g/mol. The zero-order chi connectivity index (χ0) is 15.3. The van der Waals surface area contributed by atoms with Gasteiger partial charge < -0.3 is 9.84 Å². The van der Waals surface area contributed by atoms with Crippen molar-refractivity contribution in [2.75, 3.05) is 6.61 Å². The maximum atomic E-state index is 12.3. The number of rotatable bonds is 7. The van der Waals surface area contributed by atoms with Crippen LogP contribution in [0.3, 0.4) is 0 Å². The molecule has 0 aliphatic rings. The Morgan fingerprint density at radius 3 is 2.65 bits per heavy atom. The van der Waals surface area contributed by atoms with Gasteiger partial charge in [0, 0.05) is 6.20 Å². The molecule has 0 amide bonds. The summed E-state index contributed by atoms with van der Waals surface area (Å²) in [5.74, 6) is -1.48. The summed E-state index contributed by atoms with van der Waals surface area (Å²) in [6, 6.07) is 0.207. The van der Waals surface area contributed by atoms with E-state index >= 15 is 0 Å². The lowest BCUT2D eigenvalue weighted by Crippen LogP contribution is -2.44. The van der Waals surface area contributed by atoms with Crippen molar-refractivity contribution in [3.05, 3.63) is 18.5 Å². The normalized spacial score (nSPS) is 13.2. The zero-order valence-electron chi connectivity index (χ0n) is 11.5. The Hall–Kier alpha value is -1.67. The van der Waals surface area contributed by atoms with E-state index in [9.17, 15) is 13.2 Å². The lowest BCUT2D eigenvalue weighted by molar-refractivity contribution is -0.140. The Bertz CT molecular complexity index is 571. The topological polar surface area (TPSA) is 106 Å². The van der Waals surface area contributed by atoms with Crippen LogP contribution in [0, 0.1) is 5.92 Å². The highest BCUT2D eigenvalue weighted by molar-refractivity contribution is 7.89. The third-order valence-corrected chi connectivity index (χ3v) is 4.00.